The van der Waals surface area contributed by atoms with Crippen LogP contribution in [0.4, 0.5) is 5.82 Å². The van der Waals surface area contributed by atoms with Gasteiger partial charge in [0.05, 0.1) is 5.69 Å². The Morgan fingerprint density at radius 2 is 2.29 bits per heavy atom. The topological polar surface area (TPSA) is 45.5 Å². The molecule has 114 valence electrons. The molecule has 1 atom stereocenters. The van der Waals surface area contributed by atoms with Gasteiger partial charge < -0.3 is 10.2 Å². The Balaban J connectivity index is 1.78. The van der Waals surface area contributed by atoms with Crippen LogP contribution >= 0.6 is 0 Å². The van der Waals surface area contributed by atoms with Crippen LogP contribution in [0.15, 0.2) is 18.5 Å². The Labute approximate surface area is 126 Å². The molecular weight excluding hydrogens is 262 g/mol. The number of rotatable bonds is 4. The zero-order valence-corrected chi connectivity index (χ0v) is 13.2. The Morgan fingerprint density at radius 1 is 1.43 bits per heavy atom. The molecule has 1 fully saturated rings. The highest BCUT2D eigenvalue weighted by atomic mass is 15.3. The highest BCUT2D eigenvalue weighted by molar-refractivity contribution is 5.69. The van der Waals surface area contributed by atoms with Gasteiger partial charge in [0, 0.05) is 31.5 Å². The third-order valence-electron chi connectivity index (χ3n) is 4.12. The first-order valence-electron chi connectivity index (χ1n) is 7.93. The minimum absolute atomic E-state index is 0.555. The molecule has 1 unspecified atom stereocenters. The molecule has 1 aliphatic heterocycles. The van der Waals surface area contributed by atoms with Crippen molar-refractivity contribution in [3.63, 3.8) is 0 Å². The zero-order valence-electron chi connectivity index (χ0n) is 13.2. The number of nitrogens with zero attached hydrogens (tertiary/aromatic N) is 4. The van der Waals surface area contributed by atoms with E-state index in [1.54, 1.807) is 0 Å². The second kappa shape index (κ2) is 6.02. The lowest BCUT2D eigenvalue weighted by Crippen LogP contribution is -2.41. The highest BCUT2D eigenvalue weighted by Gasteiger charge is 2.22. The Hall–Kier alpha value is -1.62. The lowest BCUT2D eigenvalue weighted by molar-refractivity contribution is 0.378. The van der Waals surface area contributed by atoms with Gasteiger partial charge >= 0.3 is 0 Å². The van der Waals surface area contributed by atoms with Crippen molar-refractivity contribution < 1.29 is 0 Å². The molecule has 0 radical (unpaired) electrons. The van der Waals surface area contributed by atoms with Gasteiger partial charge in [-0.2, -0.15) is 5.10 Å². The lowest BCUT2D eigenvalue weighted by atomic mass is 9.97. The largest absolute Gasteiger partial charge is 0.355 e. The molecule has 2 aromatic rings. The highest BCUT2D eigenvalue weighted by Crippen LogP contribution is 2.25. The molecule has 0 bridgehead atoms. The van der Waals surface area contributed by atoms with E-state index in [2.05, 4.69) is 40.2 Å². The maximum atomic E-state index is 4.62. The summed E-state index contributed by atoms with van der Waals surface area (Å²) < 4.78 is 1.94. The van der Waals surface area contributed by atoms with Crippen LogP contribution < -0.4 is 10.2 Å². The van der Waals surface area contributed by atoms with Crippen molar-refractivity contribution in [3.8, 4) is 0 Å². The Morgan fingerprint density at radius 3 is 3.10 bits per heavy atom. The number of hydrogen-bond acceptors (Lipinski definition) is 4. The third-order valence-corrected chi connectivity index (χ3v) is 4.12. The first-order chi connectivity index (χ1) is 10.1. The predicted octanol–water partition coefficient (Wildman–Crippen LogP) is 2.25. The van der Waals surface area contributed by atoms with E-state index in [4.69, 9.17) is 0 Å². The fraction of sp³-hybridized carbons (Fsp3) is 0.625. The Bertz CT molecular complexity index is 604. The monoisotopic (exact) mass is 287 g/mol. The van der Waals surface area contributed by atoms with Crippen LogP contribution in [-0.4, -0.2) is 40.3 Å². The van der Waals surface area contributed by atoms with Gasteiger partial charge in [-0.15, -0.1) is 0 Å². The van der Waals surface area contributed by atoms with Crippen molar-refractivity contribution >= 4 is 11.3 Å². The standard InChI is InChI=1S/C16H25N5/c1-12(2)18-10-14-5-4-7-20(11-14)16-15-9-13(3)19-21(15)8-6-17-16/h6,8-9,12,14,18H,4-5,7,10-11H2,1-3H3. The van der Waals surface area contributed by atoms with Gasteiger partial charge in [-0.3, -0.25) is 0 Å². The maximum Gasteiger partial charge on any atom is 0.154 e. The van der Waals surface area contributed by atoms with E-state index in [0.29, 0.717) is 12.0 Å². The molecule has 21 heavy (non-hydrogen) atoms. The molecule has 5 nitrogen and oxygen atoms in total. The van der Waals surface area contributed by atoms with E-state index in [9.17, 15) is 0 Å². The van der Waals surface area contributed by atoms with E-state index >= 15 is 0 Å². The van der Waals surface area contributed by atoms with Gasteiger partial charge in [-0.05, 0) is 38.3 Å². The molecule has 0 aromatic carbocycles. The van der Waals surface area contributed by atoms with Crippen molar-refractivity contribution in [2.24, 2.45) is 5.92 Å². The normalized spacial score (nSPS) is 19.6. The van der Waals surface area contributed by atoms with Crippen molar-refractivity contribution in [3.05, 3.63) is 24.2 Å². The van der Waals surface area contributed by atoms with Crippen molar-refractivity contribution in [1.82, 2.24) is 19.9 Å². The number of aromatic nitrogens is 3. The summed E-state index contributed by atoms with van der Waals surface area (Å²) >= 11 is 0. The molecule has 1 saturated heterocycles. The molecule has 0 aliphatic carbocycles. The molecule has 0 spiro atoms. The lowest BCUT2D eigenvalue weighted by Gasteiger charge is -2.34. The summed E-state index contributed by atoms with van der Waals surface area (Å²) in [7, 11) is 0. The van der Waals surface area contributed by atoms with Gasteiger partial charge in [0.2, 0.25) is 0 Å². The molecule has 3 rings (SSSR count). The number of piperidine rings is 1. The van der Waals surface area contributed by atoms with Gasteiger partial charge in [0.15, 0.2) is 5.82 Å². The Kier molecular flexibility index (Phi) is 4.10. The smallest absolute Gasteiger partial charge is 0.154 e. The summed E-state index contributed by atoms with van der Waals surface area (Å²) in [5, 5.41) is 8.05. The van der Waals surface area contributed by atoms with E-state index in [0.717, 1.165) is 36.7 Å². The van der Waals surface area contributed by atoms with Crippen molar-refractivity contribution in [2.75, 3.05) is 24.5 Å². The second-order valence-corrected chi connectivity index (χ2v) is 6.38. The van der Waals surface area contributed by atoms with Crippen molar-refractivity contribution in [2.45, 2.75) is 39.7 Å². The fourth-order valence-electron chi connectivity index (χ4n) is 3.10. The van der Waals surface area contributed by atoms with Crippen LogP contribution in [0.25, 0.3) is 5.52 Å². The van der Waals surface area contributed by atoms with Crippen LogP contribution in [0.5, 0.6) is 0 Å². The number of fused-ring (bicyclic) bond motifs is 1. The van der Waals surface area contributed by atoms with E-state index in [-0.39, 0.29) is 0 Å². The SMILES string of the molecule is Cc1cc2c(N3CCCC(CNC(C)C)C3)nccn2n1. The third kappa shape index (κ3) is 3.18. The minimum atomic E-state index is 0.555. The van der Waals surface area contributed by atoms with E-state index < -0.39 is 0 Å². The van der Waals surface area contributed by atoms with Gasteiger partial charge in [-0.1, -0.05) is 13.8 Å². The first-order valence-corrected chi connectivity index (χ1v) is 7.93. The summed E-state index contributed by atoms with van der Waals surface area (Å²) in [6.07, 6.45) is 6.32. The van der Waals surface area contributed by atoms with E-state index in [1.807, 2.05) is 23.8 Å². The van der Waals surface area contributed by atoms with Crippen molar-refractivity contribution in [1.29, 1.82) is 0 Å². The van der Waals surface area contributed by atoms with Crippen LogP contribution in [0, 0.1) is 12.8 Å². The average molecular weight is 287 g/mol. The molecule has 1 N–H and O–H groups in total. The molecule has 3 heterocycles. The van der Waals surface area contributed by atoms with Gasteiger partial charge in [-0.25, -0.2) is 9.50 Å². The molecule has 1 aliphatic rings. The number of hydrogen-bond donors (Lipinski definition) is 1. The summed E-state index contributed by atoms with van der Waals surface area (Å²) in [5.74, 6) is 1.78. The molecule has 5 heteroatoms. The fourth-order valence-corrected chi connectivity index (χ4v) is 3.10. The summed E-state index contributed by atoms with van der Waals surface area (Å²) in [6.45, 7) is 9.71. The van der Waals surface area contributed by atoms with Crippen LogP contribution in [-0.2, 0) is 0 Å². The molecule has 0 amide bonds. The van der Waals surface area contributed by atoms with E-state index in [1.165, 1.54) is 12.8 Å². The van der Waals surface area contributed by atoms with Crippen LogP contribution in [0.2, 0.25) is 0 Å². The summed E-state index contributed by atoms with van der Waals surface area (Å²) in [4.78, 5) is 7.04. The summed E-state index contributed by atoms with van der Waals surface area (Å²) in [6, 6.07) is 2.68. The minimum Gasteiger partial charge on any atom is -0.355 e. The van der Waals surface area contributed by atoms with Crippen LogP contribution in [0.1, 0.15) is 32.4 Å². The molecule has 0 saturated carbocycles. The number of aryl methyl sites for hydroxylation is 1. The zero-order chi connectivity index (χ0) is 14.8. The first kappa shape index (κ1) is 14.3. The number of nitrogens with one attached hydrogen (secondary N) is 1. The molecule has 2 aromatic heterocycles. The van der Waals surface area contributed by atoms with Gasteiger partial charge in [0.25, 0.3) is 0 Å². The maximum absolute atomic E-state index is 4.62. The number of anilines is 1. The summed E-state index contributed by atoms with van der Waals surface area (Å²) in [5.41, 5.74) is 2.16. The average Bonchev–Trinajstić information content (AvgIpc) is 2.85. The predicted molar refractivity (Wildman–Crippen MR) is 85.8 cm³/mol. The van der Waals surface area contributed by atoms with Gasteiger partial charge in [0.1, 0.15) is 5.52 Å². The quantitative estimate of drug-likeness (QED) is 0.937. The second-order valence-electron chi connectivity index (χ2n) is 6.38. The molecular formula is C16H25N5. The van der Waals surface area contributed by atoms with Crippen LogP contribution in [0.3, 0.4) is 0 Å².